The van der Waals surface area contributed by atoms with Gasteiger partial charge in [0.05, 0.1) is 6.20 Å². The Morgan fingerprint density at radius 3 is 2.88 bits per heavy atom. The van der Waals surface area contributed by atoms with Crippen LogP contribution in [0.1, 0.15) is 30.5 Å². The Morgan fingerprint density at radius 1 is 1.56 bits per heavy atom. The molecule has 90 valence electrons. The molecule has 0 saturated heterocycles. The summed E-state index contributed by atoms with van der Waals surface area (Å²) in [5, 5.41) is 6.99. The molecule has 1 amide bonds. The van der Waals surface area contributed by atoms with E-state index >= 15 is 0 Å². The standard InChI is InChI=1S/C11H18ClN3O/c1-9-10(8-14-15(9)2)7-13-11(16)5-3-4-6-12/h8H,3-7H2,1-2H3,(H,13,16). The summed E-state index contributed by atoms with van der Waals surface area (Å²) < 4.78 is 1.80. The molecular formula is C11H18ClN3O. The van der Waals surface area contributed by atoms with Gasteiger partial charge in [0.1, 0.15) is 0 Å². The quantitative estimate of drug-likeness (QED) is 0.611. The van der Waals surface area contributed by atoms with E-state index < -0.39 is 0 Å². The second kappa shape index (κ2) is 6.53. The number of nitrogens with one attached hydrogen (secondary N) is 1. The van der Waals surface area contributed by atoms with Crippen LogP contribution >= 0.6 is 11.6 Å². The van der Waals surface area contributed by atoms with Crippen LogP contribution in [0.2, 0.25) is 0 Å². The van der Waals surface area contributed by atoms with E-state index in [0.717, 1.165) is 24.1 Å². The molecule has 0 unspecified atom stereocenters. The van der Waals surface area contributed by atoms with Gasteiger partial charge in [0.25, 0.3) is 0 Å². The largest absolute Gasteiger partial charge is 0.352 e. The number of aryl methyl sites for hydroxylation is 1. The van der Waals surface area contributed by atoms with Gasteiger partial charge in [0.2, 0.25) is 5.91 Å². The van der Waals surface area contributed by atoms with E-state index in [9.17, 15) is 4.79 Å². The number of amides is 1. The lowest BCUT2D eigenvalue weighted by atomic mass is 10.2. The number of hydrogen-bond donors (Lipinski definition) is 1. The summed E-state index contributed by atoms with van der Waals surface area (Å²) in [5.41, 5.74) is 2.15. The minimum Gasteiger partial charge on any atom is -0.352 e. The fourth-order valence-corrected chi connectivity index (χ4v) is 1.57. The Morgan fingerprint density at radius 2 is 2.31 bits per heavy atom. The Balaban J connectivity index is 2.29. The van der Waals surface area contributed by atoms with Crippen LogP contribution in [0.15, 0.2) is 6.20 Å². The van der Waals surface area contributed by atoms with E-state index in [-0.39, 0.29) is 5.91 Å². The first-order chi connectivity index (χ1) is 7.65. The van der Waals surface area contributed by atoms with Crippen LogP contribution < -0.4 is 5.32 Å². The minimum absolute atomic E-state index is 0.0772. The smallest absolute Gasteiger partial charge is 0.220 e. The number of carbonyl (C=O) groups excluding carboxylic acids is 1. The maximum absolute atomic E-state index is 11.4. The highest BCUT2D eigenvalue weighted by Crippen LogP contribution is 2.05. The minimum atomic E-state index is 0.0772. The number of nitrogens with zero attached hydrogens (tertiary/aromatic N) is 2. The van der Waals surface area contributed by atoms with Gasteiger partial charge < -0.3 is 5.32 Å². The number of halogens is 1. The zero-order chi connectivity index (χ0) is 12.0. The third-order valence-electron chi connectivity index (χ3n) is 2.60. The van der Waals surface area contributed by atoms with Crippen molar-refractivity contribution in [2.75, 3.05) is 5.88 Å². The van der Waals surface area contributed by atoms with Crippen LogP contribution in [-0.2, 0) is 18.4 Å². The van der Waals surface area contributed by atoms with E-state index in [0.29, 0.717) is 18.8 Å². The molecule has 1 rings (SSSR count). The second-order valence-corrected chi connectivity index (χ2v) is 4.18. The predicted molar refractivity (Wildman–Crippen MR) is 64.4 cm³/mol. The van der Waals surface area contributed by atoms with Crippen molar-refractivity contribution in [2.45, 2.75) is 32.7 Å². The van der Waals surface area contributed by atoms with Crippen LogP contribution in [-0.4, -0.2) is 21.6 Å². The van der Waals surface area contributed by atoms with Gasteiger partial charge in [-0.2, -0.15) is 5.10 Å². The molecule has 1 heterocycles. The molecule has 1 N–H and O–H groups in total. The van der Waals surface area contributed by atoms with E-state index in [4.69, 9.17) is 11.6 Å². The molecule has 16 heavy (non-hydrogen) atoms. The molecule has 0 atom stereocenters. The Labute approximate surface area is 101 Å². The third kappa shape index (κ3) is 3.85. The second-order valence-electron chi connectivity index (χ2n) is 3.80. The average Bonchev–Trinajstić information content (AvgIpc) is 2.58. The van der Waals surface area contributed by atoms with Gasteiger partial charge in [-0.1, -0.05) is 0 Å². The van der Waals surface area contributed by atoms with Crippen LogP contribution in [0.3, 0.4) is 0 Å². The number of aromatic nitrogens is 2. The van der Waals surface area contributed by atoms with Gasteiger partial charge in [0.15, 0.2) is 0 Å². The topological polar surface area (TPSA) is 46.9 Å². The molecule has 5 heteroatoms. The van der Waals surface area contributed by atoms with Crippen molar-refractivity contribution in [1.82, 2.24) is 15.1 Å². The molecule has 0 radical (unpaired) electrons. The summed E-state index contributed by atoms with van der Waals surface area (Å²) >= 11 is 5.54. The fourth-order valence-electron chi connectivity index (χ4n) is 1.38. The molecule has 1 aromatic heterocycles. The highest BCUT2D eigenvalue weighted by molar-refractivity contribution is 6.17. The van der Waals surface area contributed by atoms with Gasteiger partial charge in [-0.3, -0.25) is 9.48 Å². The molecule has 0 bridgehead atoms. The lowest BCUT2D eigenvalue weighted by molar-refractivity contribution is -0.121. The van der Waals surface area contributed by atoms with Gasteiger partial charge in [-0.15, -0.1) is 11.6 Å². The number of unbranched alkanes of at least 4 members (excludes halogenated alkanes) is 1. The first-order valence-corrected chi connectivity index (χ1v) is 5.98. The molecule has 0 saturated carbocycles. The zero-order valence-electron chi connectivity index (χ0n) is 9.79. The van der Waals surface area contributed by atoms with Gasteiger partial charge >= 0.3 is 0 Å². The highest BCUT2D eigenvalue weighted by Gasteiger charge is 2.05. The zero-order valence-corrected chi connectivity index (χ0v) is 10.5. The van der Waals surface area contributed by atoms with Crippen molar-refractivity contribution < 1.29 is 4.79 Å². The van der Waals surface area contributed by atoms with Crippen molar-refractivity contribution in [3.63, 3.8) is 0 Å². The Bertz CT molecular complexity index is 349. The van der Waals surface area contributed by atoms with Crippen LogP contribution in [0.4, 0.5) is 0 Å². The fraction of sp³-hybridized carbons (Fsp3) is 0.636. The number of hydrogen-bond acceptors (Lipinski definition) is 2. The predicted octanol–water partition coefficient (Wildman–Crippen LogP) is 1.75. The molecule has 0 aliphatic heterocycles. The molecular weight excluding hydrogens is 226 g/mol. The molecule has 1 aromatic rings. The number of rotatable bonds is 6. The SMILES string of the molecule is Cc1c(CNC(=O)CCCCCl)cnn1C. The van der Waals surface area contributed by atoms with Crippen LogP contribution in [0.25, 0.3) is 0 Å². The Kier molecular flexibility index (Phi) is 5.32. The van der Waals surface area contributed by atoms with Crippen molar-refractivity contribution in [2.24, 2.45) is 7.05 Å². The monoisotopic (exact) mass is 243 g/mol. The summed E-state index contributed by atoms with van der Waals surface area (Å²) in [4.78, 5) is 11.4. The maximum Gasteiger partial charge on any atom is 0.220 e. The van der Waals surface area contributed by atoms with E-state index in [2.05, 4.69) is 10.4 Å². The number of carbonyl (C=O) groups is 1. The summed E-state index contributed by atoms with van der Waals surface area (Å²) in [7, 11) is 1.89. The molecule has 0 aliphatic carbocycles. The summed E-state index contributed by atoms with van der Waals surface area (Å²) in [6, 6.07) is 0. The van der Waals surface area contributed by atoms with E-state index in [1.54, 1.807) is 10.9 Å². The van der Waals surface area contributed by atoms with Crippen molar-refractivity contribution in [3.8, 4) is 0 Å². The lowest BCUT2D eigenvalue weighted by Gasteiger charge is -2.04. The van der Waals surface area contributed by atoms with Crippen LogP contribution in [0, 0.1) is 6.92 Å². The third-order valence-corrected chi connectivity index (χ3v) is 2.87. The van der Waals surface area contributed by atoms with Gasteiger partial charge in [-0.25, -0.2) is 0 Å². The van der Waals surface area contributed by atoms with Gasteiger partial charge in [-0.05, 0) is 19.8 Å². The maximum atomic E-state index is 11.4. The molecule has 0 fully saturated rings. The van der Waals surface area contributed by atoms with Crippen molar-refractivity contribution >= 4 is 17.5 Å². The van der Waals surface area contributed by atoms with E-state index in [1.807, 2.05) is 14.0 Å². The summed E-state index contributed by atoms with van der Waals surface area (Å²) in [5.74, 6) is 0.697. The lowest BCUT2D eigenvalue weighted by Crippen LogP contribution is -2.22. The Hall–Kier alpha value is -1.03. The van der Waals surface area contributed by atoms with Gasteiger partial charge in [0, 0.05) is 37.2 Å². The summed E-state index contributed by atoms with van der Waals surface area (Å²) in [6.07, 6.45) is 4.07. The van der Waals surface area contributed by atoms with Crippen molar-refractivity contribution in [3.05, 3.63) is 17.5 Å². The first kappa shape index (κ1) is 13.0. The first-order valence-electron chi connectivity index (χ1n) is 5.45. The summed E-state index contributed by atoms with van der Waals surface area (Å²) in [6.45, 7) is 2.54. The van der Waals surface area contributed by atoms with Crippen molar-refractivity contribution in [1.29, 1.82) is 0 Å². The number of alkyl halides is 1. The highest BCUT2D eigenvalue weighted by atomic mass is 35.5. The molecule has 0 spiro atoms. The average molecular weight is 244 g/mol. The normalized spacial score (nSPS) is 10.4. The molecule has 4 nitrogen and oxygen atoms in total. The molecule has 0 aromatic carbocycles. The molecule has 0 aliphatic rings. The van der Waals surface area contributed by atoms with E-state index in [1.165, 1.54) is 0 Å². The van der Waals surface area contributed by atoms with Crippen LogP contribution in [0.5, 0.6) is 0 Å².